The summed E-state index contributed by atoms with van der Waals surface area (Å²) < 4.78 is 5.83. The minimum atomic E-state index is -3.07. The van der Waals surface area contributed by atoms with E-state index in [0.717, 1.165) is 12.1 Å². The number of carboxylic acid groups (broad SMARTS) is 4. The lowest BCUT2D eigenvalue weighted by atomic mass is 10.1. The summed E-state index contributed by atoms with van der Waals surface area (Å²) in [6.45, 7) is 7.55. The summed E-state index contributed by atoms with van der Waals surface area (Å²) in [5.41, 5.74) is -1.84. The molecule has 0 unspecified atom stereocenters. The largest absolute Gasteiger partial charge is 0.478 e. The Morgan fingerprint density at radius 1 is 0.688 bits per heavy atom. The summed E-state index contributed by atoms with van der Waals surface area (Å²) in [7, 11) is -3.07. The summed E-state index contributed by atoms with van der Waals surface area (Å²) in [6, 6.07) is 5.33. The van der Waals surface area contributed by atoms with Gasteiger partial charge in [-0.3, -0.25) is 0 Å². The van der Waals surface area contributed by atoms with Gasteiger partial charge >= 0.3 is 23.9 Å². The number of hydrogen-bond acceptors (Lipinski definition) is 5. The predicted molar refractivity (Wildman–Crippen MR) is 116 cm³/mol. The SMILES string of the molecule is C=CC[Si]1(CC=C)c2cc(C(=O)O)c(C(=O)O)cc2Oc2cc(C(=O)O)c(C(=O)O)cc21. The van der Waals surface area contributed by atoms with E-state index in [1.165, 1.54) is 12.1 Å². The summed E-state index contributed by atoms with van der Waals surface area (Å²) in [4.78, 5) is 46.9. The molecule has 0 amide bonds. The number of ether oxygens (including phenoxy) is 1. The van der Waals surface area contributed by atoms with Crippen LogP contribution in [0.15, 0.2) is 49.6 Å². The monoisotopic (exact) mass is 454 g/mol. The highest BCUT2D eigenvalue weighted by Crippen LogP contribution is 2.36. The molecule has 164 valence electrons. The Morgan fingerprint density at radius 2 is 1.00 bits per heavy atom. The quantitative estimate of drug-likeness (QED) is 0.347. The smallest absolute Gasteiger partial charge is 0.336 e. The van der Waals surface area contributed by atoms with Crippen molar-refractivity contribution in [2.24, 2.45) is 0 Å². The van der Waals surface area contributed by atoms with Gasteiger partial charge in [0.2, 0.25) is 0 Å². The third-order valence-corrected chi connectivity index (χ3v) is 10.2. The van der Waals surface area contributed by atoms with Crippen LogP contribution in [-0.2, 0) is 0 Å². The predicted octanol–water partition coefficient (Wildman–Crippen LogP) is 2.52. The molecule has 1 heterocycles. The van der Waals surface area contributed by atoms with Crippen LogP contribution in [0, 0.1) is 0 Å². The van der Waals surface area contributed by atoms with Crippen LogP contribution in [0.25, 0.3) is 0 Å². The van der Waals surface area contributed by atoms with E-state index in [-0.39, 0.29) is 11.5 Å². The van der Waals surface area contributed by atoms with Crippen LogP contribution in [0.1, 0.15) is 41.4 Å². The van der Waals surface area contributed by atoms with Crippen LogP contribution >= 0.6 is 0 Å². The van der Waals surface area contributed by atoms with Crippen molar-refractivity contribution in [1.29, 1.82) is 0 Å². The molecule has 0 aliphatic carbocycles. The number of rotatable bonds is 8. The first kappa shape index (κ1) is 22.5. The lowest BCUT2D eigenvalue weighted by Crippen LogP contribution is -2.60. The first-order valence-corrected chi connectivity index (χ1v) is 11.7. The van der Waals surface area contributed by atoms with Crippen molar-refractivity contribution in [3.8, 4) is 11.5 Å². The molecule has 2 aromatic rings. The summed E-state index contributed by atoms with van der Waals surface area (Å²) in [6.07, 6.45) is 3.21. The van der Waals surface area contributed by atoms with E-state index in [9.17, 15) is 39.6 Å². The topological polar surface area (TPSA) is 158 Å². The minimum Gasteiger partial charge on any atom is -0.478 e. The van der Waals surface area contributed by atoms with Gasteiger partial charge in [-0.05, 0) is 46.7 Å². The van der Waals surface area contributed by atoms with E-state index < -0.39 is 54.2 Å². The molecule has 10 heteroatoms. The highest BCUT2D eigenvalue weighted by atomic mass is 28.3. The zero-order valence-corrected chi connectivity index (χ0v) is 17.6. The molecule has 0 saturated carbocycles. The van der Waals surface area contributed by atoms with Crippen molar-refractivity contribution in [2.75, 3.05) is 0 Å². The Morgan fingerprint density at radius 3 is 1.28 bits per heavy atom. The fraction of sp³-hybridized carbons (Fsp3) is 0.0909. The van der Waals surface area contributed by atoms with Gasteiger partial charge in [0.05, 0.1) is 22.3 Å². The van der Waals surface area contributed by atoms with E-state index in [1.807, 2.05) is 0 Å². The Bertz CT molecular complexity index is 1120. The van der Waals surface area contributed by atoms with Gasteiger partial charge in [0.15, 0.2) is 0 Å². The number of hydrogen-bond donors (Lipinski definition) is 4. The number of benzene rings is 2. The normalized spacial score (nSPS) is 13.1. The van der Waals surface area contributed by atoms with Crippen LogP contribution in [0.5, 0.6) is 11.5 Å². The lowest BCUT2D eigenvalue weighted by molar-refractivity contribution is 0.0651. The average Bonchev–Trinajstić information content (AvgIpc) is 2.72. The molecule has 1 aliphatic rings. The van der Waals surface area contributed by atoms with Crippen LogP contribution in [0.4, 0.5) is 0 Å². The van der Waals surface area contributed by atoms with Crippen molar-refractivity contribution >= 4 is 42.3 Å². The van der Waals surface area contributed by atoms with Gasteiger partial charge in [0.25, 0.3) is 0 Å². The Hall–Kier alpha value is -4.18. The Kier molecular flexibility index (Phi) is 5.73. The molecule has 0 spiro atoms. The first-order chi connectivity index (χ1) is 15.1. The Labute approximate surface area is 182 Å². The maximum Gasteiger partial charge on any atom is 0.336 e. The standard InChI is InChI=1S/C22H18O9Si/c1-3-5-32(6-4-2)17-9-13(21(27)28)11(19(23)24)7-15(17)31-16-8-12(20(25)26)14(22(29)30)10-18(16)32/h3-4,7-10H,1-2,5-6H2,(H,23,24)(H,25,26)(H,27,28)(H,29,30). The van der Waals surface area contributed by atoms with Crippen molar-refractivity contribution in [1.82, 2.24) is 0 Å². The molecular formula is C22H18O9Si. The molecule has 0 fully saturated rings. The molecule has 32 heavy (non-hydrogen) atoms. The maximum atomic E-state index is 11.8. The van der Waals surface area contributed by atoms with E-state index >= 15 is 0 Å². The second-order valence-corrected chi connectivity index (χ2v) is 11.2. The summed E-state index contributed by atoms with van der Waals surface area (Å²) >= 11 is 0. The molecule has 1 aliphatic heterocycles. The minimum absolute atomic E-state index is 0.0784. The fourth-order valence-electron chi connectivity index (χ4n) is 4.06. The highest BCUT2D eigenvalue weighted by molar-refractivity contribution is 7.04. The number of aromatic carboxylic acids is 4. The second-order valence-electron chi connectivity index (χ2n) is 7.18. The van der Waals surface area contributed by atoms with E-state index in [4.69, 9.17) is 4.74 Å². The van der Waals surface area contributed by atoms with Crippen LogP contribution in [-0.4, -0.2) is 52.4 Å². The van der Waals surface area contributed by atoms with Crippen molar-refractivity contribution < 1.29 is 44.3 Å². The van der Waals surface area contributed by atoms with Crippen LogP contribution in [0.3, 0.4) is 0 Å². The number of fused-ring (bicyclic) bond motifs is 2. The number of allylic oxidation sites excluding steroid dienone is 2. The van der Waals surface area contributed by atoms with Gasteiger partial charge in [0.1, 0.15) is 19.6 Å². The molecule has 0 aromatic heterocycles. The molecular weight excluding hydrogens is 436 g/mol. The second kappa shape index (κ2) is 8.15. The van der Waals surface area contributed by atoms with Gasteiger partial charge in [-0.25, -0.2) is 19.2 Å². The first-order valence-electron chi connectivity index (χ1n) is 9.27. The summed E-state index contributed by atoms with van der Waals surface area (Å²) in [5.74, 6) is -5.66. The van der Waals surface area contributed by atoms with Crippen LogP contribution < -0.4 is 15.1 Å². The van der Waals surface area contributed by atoms with Gasteiger partial charge in [-0.2, -0.15) is 0 Å². The van der Waals surface area contributed by atoms with Crippen molar-refractivity contribution in [3.05, 3.63) is 71.8 Å². The van der Waals surface area contributed by atoms with E-state index in [2.05, 4.69) is 13.2 Å². The molecule has 4 N–H and O–H groups in total. The van der Waals surface area contributed by atoms with Crippen molar-refractivity contribution in [3.63, 3.8) is 0 Å². The number of carboxylic acids is 4. The lowest BCUT2D eigenvalue weighted by Gasteiger charge is -2.38. The van der Waals surface area contributed by atoms with Crippen LogP contribution in [0.2, 0.25) is 12.1 Å². The molecule has 3 rings (SSSR count). The third kappa shape index (κ3) is 3.46. The highest BCUT2D eigenvalue weighted by Gasteiger charge is 2.45. The molecule has 0 radical (unpaired) electrons. The fourth-order valence-corrected chi connectivity index (χ4v) is 8.42. The van der Waals surface area contributed by atoms with Crippen molar-refractivity contribution in [2.45, 2.75) is 12.1 Å². The molecule has 0 saturated heterocycles. The van der Waals surface area contributed by atoms with Gasteiger partial charge in [-0.1, -0.05) is 12.2 Å². The van der Waals surface area contributed by atoms with Gasteiger partial charge in [-0.15, -0.1) is 13.2 Å². The molecule has 0 bridgehead atoms. The third-order valence-electron chi connectivity index (χ3n) is 5.40. The maximum absolute atomic E-state index is 11.8. The molecule has 0 atom stereocenters. The number of carbonyl (C=O) groups is 4. The van der Waals surface area contributed by atoms with Gasteiger partial charge < -0.3 is 25.2 Å². The molecule has 9 nitrogen and oxygen atoms in total. The zero-order chi connectivity index (χ0) is 23.8. The summed E-state index contributed by atoms with van der Waals surface area (Å²) in [5, 5.41) is 39.0. The Balaban J connectivity index is 2.47. The van der Waals surface area contributed by atoms with Gasteiger partial charge in [0, 0.05) is 0 Å². The van der Waals surface area contributed by atoms with E-state index in [0.29, 0.717) is 22.5 Å². The zero-order valence-electron chi connectivity index (χ0n) is 16.6. The molecule has 2 aromatic carbocycles. The van der Waals surface area contributed by atoms with E-state index in [1.54, 1.807) is 12.2 Å². The average molecular weight is 454 g/mol.